The second kappa shape index (κ2) is 6.15. The molecule has 1 rings (SSSR count). The summed E-state index contributed by atoms with van der Waals surface area (Å²) >= 11 is 0. The van der Waals surface area contributed by atoms with Crippen LogP contribution in [0.25, 0.3) is 0 Å². The predicted octanol–water partition coefficient (Wildman–Crippen LogP) is 0.725. The smallest absolute Gasteiger partial charge is 0.412 e. The highest BCUT2D eigenvalue weighted by molar-refractivity contribution is 7.65. The fourth-order valence-electron chi connectivity index (χ4n) is 1.43. The van der Waals surface area contributed by atoms with Crippen LogP contribution >= 0.6 is 15.5 Å². The molecule has 0 amide bonds. The van der Waals surface area contributed by atoms with E-state index in [1.54, 1.807) is 24.3 Å². The van der Waals surface area contributed by atoms with E-state index in [0.29, 0.717) is 11.3 Å². The standard InChI is InChI=1S/C9H15NO7P2/c1-17-9-4-2-8(3-5-9)6-7-10(18(11,12)13)19(14,15)16/h2-5H,6-7H2,1H3,(H2,11,12,13)(H2,14,15,16). The van der Waals surface area contributed by atoms with Gasteiger partial charge in [-0.1, -0.05) is 12.1 Å². The Labute approximate surface area is 110 Å². The monoisotopic (exact) mass is 311 g/mol. The number of ether oxygens (including phenoxy) is 1. The van der Waals surface area contributed by atoms with Gasteiger partial charge in [-0.25, -0.2) is 9.13 Å². The Morgan fingerprint density at radius 1 is 1.05 bits per heavy atom. The molecule has 0 saturated carbocycles. The van der Waals surface area contributed by atoms with Crippen molar-refractivity contribution in [1.29, 1.82) is 0 Å². The van der Waals surface area contributed by atoms with E-state index in [2.05, 4.69) is 0 Å². The maximum absolute atomic E-state index is 11.0. The average Bonchev–Trinajstić information content (AvgIpc) is 2.26. The van der Waals surface area contributed by atoms with Gasteiger partial charge in [-0.3, -0.25) is 0 Å². The van der Waals surface area contributed by atoms with Crippen LogP contribution in [0.5, 0.6) is 5.75 Å². The van der Waals surface area contributed by atoms with Gasteiger partial charge in [0.1, 0.15) is 5.75 Å². The molecular weight excluding hydrogens is 296 g/mol. The lowest BCUT2D eigenvalue weighted by molar-refractivity contribution is 0.270. The first kappa shape index (κ1) is 16.3. The Morgan fingerprint density at radius 3 is 1.89 bits per heavy atom. The van der Waals surface area contributed by atoms with Gasteiger partial charge in [0.15, 0.2) is 0 Å². The summed E-state index contributed by atoms with van der Waals surface area (Å²) in [6.45, 7) is -0.457. The van der Waals surface area contributed by atoms with Gasteiger partial charge in [-0.2, -0.15) is 0 Å². The zero-order valence-corrected chi connectivity index (χ0v) is 11.9. The lowest BCUT2D eigenvalue weighted by Crippen LogP contribution is -2.19. The zero-order valence-electron chi connectivity index (χ0n) is 10.1. The molecule has 0 aliphatic heterocycles. The van der Waals surface area contributed by atoms with Crippen molar-refractivity contribution in [3.63, 3.8) is 0 Å². The molecule has 0 aliphatic rings. The molecule has 0 bridgehead atoms. The lowest BCUT2D eigenvalue weighted by Gasteiger charge is -2.23. The molecule has 0 saturated heterocycles. The Morgan fingerprint density at radius 2 is 1.53 bits per heavy atom. The summed E-state index contributed by atoms with van der Waals surface area (Å²) in [6, 6.07) is 6.59. The van der Waals surface area contributed by atoms with Crippen LogP contribution in [0.1, 0.15) is 5.56 Å². The second-order valence-electron chi connectivity index (χ2n) is 3.72. The van der Waals surface area contributed by atoms with Crippen LogP contribution in [0.15, 0.2) is 24.3 Å². The predicted molar refractivity (Wildman–Crippen MR) is 67.5 cm³/mol. The molecule has 0 aliphatic carbocycles. The van der Waals surface area contributed by atoms with Gasteiger partial charge in [-0.05, 0) is 24.1 Å². The Hall–Kier alpha value is -0.720. The van der Waals surface area contributed by atoms with Crippen LogP contribution in [0.4, 0.5) is 0 Å². The molecule has 0 spiro atoms. The number of hydrogen-bond acceptors (Lipinski definition) is 3. The van der Waals surface area contributed by atoms with Gasteiger partial charge >= 0.3 is 15.5 Å². The maximum Gasteiger partial charge on any atom is 0.412 e. The van der Waals surface area contributed by atoms with E-state index < -0.39 is 22.0 Å². The topological polar surface area (TPSA) is 128 Å². The highest BCUT2D eigenvalue weighted by Gasteiger charge is 2.39. The van der Waals surface area contributed by atoms with E-state index in [1.165, 1.54) is 7.11 Å². The number of nitrogens with zero attached hydrogens (tertiary/aromatic N) is 1. The Balaban J connectivity index is 2.77. The van der Waals surface area contributed by atoms with Gasteiger partial charge in [0.05, 0.1) is 7.11 Å². The normalized spacial score (nSPS) is 12.7. The summed E-state index contributed by atoms with van der Waals surface area (Å²) in [5, 5.41) is 0. The highest BCUT2D eigenvalue weighted by atomic mass is 31.3. The van der Waals surface area contributed by atoms with Crippen molar-refractivity contribution in [3.05, 3.63) is 29.8 Å². The average molecular weight is 311 g/mol. The van der Waals surface area contributed by atoms with Crippen LogP contribution in [0.3, 0.4) is 0 Å². The van der Waals surface area contributed by atoms with Gasteiger partial charge in [0.25, 0.3) is 0 Å². The molecule has 1 aromatic rings. The Bertz CT molecular complexity index is 484. The van der Waals surface area contributed by atoms with Crippen molar-refractivity contribution in [3.8, 4) is 5.75 Å². The molecule has 0 unspecified atom stereocenters. The third-order valence-electron chi connectivity index (χ3n) is 2.36. The minimum atomic E-state index is -5.00. The number of methoxy groups -OCH3 is 1. The van der Waals surface area contributed by atoms with Crippen LogP contribution in [-0.2, 0) is 15.6 Å². The summed E-state index contributed by atoms with van der Waals surface area (Å²) in [5.74, 6) is 0.616. The fourth-order valence-corrected chi connectivity index (χ4v) is 3.37. The molecule has 4 N–H and O–H groups in total. The molecule has 10 heteroatoms. The Kier molecular flexibility index (Phi) is 5.29. The number of benzene rings is 1. The van der Waals surface area contributed by atoms with Crippen LogP contribution in [0, 0.1) is 0 Å². The number of rotatable bonds is 6. The molecule has 0 atom stereocenters. The first-order valence-electron chi connectivity index (χ1n) is 5.17. The van der Waals surface area contributed by atoms with E-state index in [0.717, 1.165) is 0 Å². The van der Waals surface area contributed by atoms with Crippen molar-refractivity contribution in [2.75, 3.05) is 13.7 Å². The largest absolute Gasteiger partial charge is 0.497 e. The fraction of sp³-hybridized carbons (Fsp3) is 0.333. The minimum Gasteiger partial charge on any atom is -0.497 e. The highest BCUT2D eigenvalue weighted by Crippen LogP contribution is 2.57. The summed E-state index contributed by atoms with van der Waals surface area (Å²) in [6.07, 6.45) is 0.0835. The minimum absolute atomic E-state index is 0.0835. The molecule has 0 fully saturated rings. The first-order chi connectivity index (χ1) is 8.64. The molecule has 19 heavy (non-hydrogen) atoms. The van der Waals surface area contributed by atoms with Crippen LogP contribution < -0.4 is 4.74 Å². The SMILES string of the molecule is COc1ccc(CCN(P(=O)(O)O)P(=O)(O)O)cc1. The van der Waals surface area contributed by atoms with E-state index in [-0.39, 0.29) is 10.9 Å². The molecule has 1 aromatic carbocycles. The van der Waals surface area contributed by atoms with E-state index >= 15 is 0 Å². The van der Waals surface area contributed by atoms with Crippen molar-refractivity contribution >= 4 is 15.5 Å². The van der Waals surface area contributed by atoms with Crippen molar-refractivity contribution in [2.24, 2.45) is 0 Å². The summed E-state index contributed by atoms with van der Waals surface area (Å²) < 4.78 is 26.9. The van der Waals surface area contributed by atoms with Crippen molar-refractivity contribution in [2.45, 2.75) is 6.42 Å². The van der Waals surface area contributed by atoms with E-state index in [9.17, 15) is 9.13 Å². The van der Waals surface area contributed by atoms with Crippen molar-refractivity contribution < 1.29 is 33.4 Å². The summed E-state index contributed by atoms with van der Waals surface area (Å²) in [7, 11) is -8.51. The van der Waals surface area contributed by atoms with Gasteiger partial charge in [0, 0.05) is 6.54 Å². The summed E-state index contributed by atoms with van der Waals surface area (Å²) in [4.78, 5) is 35.6. The van der Waals surface area contributed by atoms with Gasteiger partial charge in [0.2, 0.25) is 0 Å². The van der Waals surface area contributed by atoms with Gasteiger partial charge in [-0.15, -0.1) is 4.44 Å². The first-order valence-corrected chi connectivity index (χ1v) is 8.30. The third kappa shape index (κ3) is 5.04. The molecule has 108 valence electrons. The van der Waals surface area contributed by atoms with E-state index in [4.69, 9.17) is 24.3 Å². The molecule has 0 heterocycles. The third-order valence-corrected chi connectivity index (χ3v) is 5.36. The molecule has 0 aromatic heterocycles. The maximum atomic E-state index is 11.0. The summed E-state index contributed by atoms with van der Waals surface area (Å²) in [5.41, 5.74) is 0.674. The quantitative estimate of drug-likeness (QED) is 0.566. The van der Waals surface area contributed by atoms with Crippen molar-refractivity contribution in [1.82, 2.24) is 4.44 Å². The molecule has 0 radical (unpaired) electrons. The van der Waals surface area contributed by atoms with Gasteiger partial charge < -0.3 is 24.3 Å². The lowest BCUT2D eigenvalue weighted by atomic mass is 10.1. The van der Waals surface area contributed by atoms with Crippen LogP contribution in [0.2, 0.25) is 0 Å². The second-order valence-corrected chi connectivity index (χ2v) is 7.05. The van der Waals surface area contributed by atoms with Crippen LogP contribution in [-0.4, -0.2) is 37.7 Å². The molecular formula is C9H15NO7P2. The number of hydrogen-bond donors (Lipinski definition) is 4. The van der Waals surface area contributed by atoms with E-state index in [1.807, 2.05) is 0 Å². The molecule has 8 nitrogen and oxygen atoms in total. The zero-order chi connectivity index (χ0) is 14.7.